The Morgan fingerprint density at radius 1 is 1.12 bits per heavy atom. The van der Waals surface area contributed by atoms with Gasteiger partial charge in [0.2, 0.25) is 0 Å². The number of nitrogens with one attached hydrogen (secondary N) is 1. The minimum absolute atomic E-state index is 0.0974. The van der Waals surface area contributed by atoms with Crippen molar-refractivity contribution in [3.05, 3.63) is 71.7 Å². The van der Waals surface area contributed by atoms with E-state index in [1.54, 1.807) is 19.2 Å². The first-order valence-electron chi connectivity index (χ1n) is 8.89. The highest BCUT2D eigenvalue weighted by molar-refractivity contribution is 5.79. The molecule has 1 aliphatic rings. The van der Waals surface area contributed by atoms with E-state index in [4.69, 9.17) is 4.74 Å². The maximum Gasteiger partial charge on any atom is 0.124 e. The predicted molar refractivity (Wildman–Crippen MR) is 101 cm³/mol. The van der Waals surface area contributed by atoms with Gasteiger partial charge in [-0.2, -0.15) is 0 Å². The lowest BCUT2D eigenvalue weighted by molar-refractivity contribution is 0.195. The summed E-state index contributed by atoms with van der Waals surface area (Å²) in [4.78, 5) is 6.98. The molecule has 3 aromatic rings. The van der Waals surface area contributed by atoms with Gasteiger partial charge in [-0.25, -0.2) is 4.39 Å². The van der Waals surface area contributed by atoms with Crippen LogP contribution in [0.5, 0.6) is 5.75 Å². The summed E-state index contributed by atoms with van der Waals surface area (Å²) < 4.78 is 19.6. The fraction of sp³-hybridized carbons (Fsp3) is 0.286. The fourth-order valence-corrected chi connectivity index (χ4v) is 3.68. The Bertz CT molecular complexity index is 909. The number of benzene rings is 2. The van der Waals surface area contributed by atoms with Crippen LogP contribution in [-0.2, 0) is 0 Å². The van der Waals surface area contributed by atoms with Crippen LogP contribution in [0.1, 0.15) is 17.2 Å². The second kappa shape index (κ2) is 7.40. The molecule has 2 heterocycles. The molecule has 0 spiro atoms. The lowest BCUT2D eigenvalue weighted by Crippen LogP contribution is -2.45. The number of ether oxygens (including phenoxy) is 1. The van der Waals surface area contributed by atoms with Crippen LogP contribution >= 0.6 is 0 Å². The van der Waals surface area contributed by atoms with Crippen LogP contribution in [0.25, 0.3) is 10.9 Å². The van der Waals surface area contributed by atoms with E-state index in [-0.39, 0.29) is 11.9 Å². The summed E-state index contributed by atoms with van der Waals surface area (Å²) in [5.41, 5.74) is 2.85. The average Bonchev–Trinajstić information content (AvgIpc) is 2.69. The van der Waals surface area contributed by atoms with Crippen LogP contribution in [0.4, 0.5) is 4.39 Å². The maximum absolute atomic E-state index is 14.1. The number of fused-ring (bicyclic) bond motifs is 1. The van der Waals surface area contributed by atoms with E-state index in [1.807, 2.05) is 24.4 Å². The molecule has 0 saturated carbocycles. The number of pyridine rings is 1. The van der Waals surface area contributed by atoms with E-state index >= 15 is 0 Å². The number of para-hydroxylation sites is 1. The van der Waals surface area contributed by atoms with Crippen LogP contribution in [0.15, 0.2) is 54.7 Å². The predicted octanol–water partition coefficient (Wildman–Crippen LogP) is 3.38. The van der Waals surface area contributed by atoms with E-state index in [1.165, 1.54) is 6.07 Å². The van der Waals surface area contributed by atoms with Crippen molar-refractivity contribution in [2.45, 2.75) is 6.04 Å². The van der Waals surface area contributed by atoms with Crippen molar-refractivity contribution in [1.29, 1.82) is 0 Å². The lowest BCUT2D eigenvalue weighted by Gasteiger charge is -2.36. The second-order valence-electron chi connectivity index (χ2n) is 6.54. The third-order valence-electron chi connectivity index (χ3n) is 4.93. The first-order chi connectivity index (χ1) is 12.8. The van der Waals surface area contributed by atoms with Crippen LogP contribution in [0.3, 0.4) is 0 Å². The molecule has 1 aromatic heterocycles. The van der Waals surface area contributed by atoms with Gasteiger partial charge in [-0.05, 0) is 35.9 Å². The van der Waals surface area contributed by atoms with Crippen LogP contribution in [0.2, 0.25) is 0 Å². The fourth-order valence-electron chi connectivity index (χ4n) is 3.68. The number of piperazine rings is 1. The van der Waals surface area contributed by atoms with Gasteiger partial charge in [0.25, 0.3) is 0 Å². The quantitative estimate of drug-likeness (QED) is 0.782. The average molecular weight is 351 g/mol. The van der Waals surface area contributed by atoms with Crippen LogP contribution in [-0.4, -0.2) is 43.2 Å². The summed E-state index contributed by atoms with van der Waals surface area (Å²) in [6.45, 7) is 3.60. The number of methoxy groups -OCH3 is 1. The van der Waals surface area contributed by atoms with E-state index in [9.17, 15) is 4.39 Å². The molecule has 1 N–H and O–H groups in total. The highest BCUT2D eigenvalue weighted by atomic mass is 19.1. The summed E-state index contributed by atoms with van der Waals surface area (Å²) in [6, 6.07) is 14.8. The highest BCUT2D eigenvalue weighted by Crippen LogP contribution is 2.36. The third-order valence-corrected chi connectivity index (χ3v) is 4.93. The van der Waals surface area contributed by atoms with Gasteiger partial charge in [0.1, 0.15) is 11.6 Å². The summed E-state index contributed by atoms with van der Waals surface area (Å²) >= 11 is 0. The molecule has 0 amide bonds. The zero-order valence-corrected chi connectivity index (χ0v) is 14.8. The minimum Gasteiger partial charge on any atom is -0.496 e. The Balaban J connectivity index is 1.86. The number of hydrogen-bond donors (Lipinski definition) is 1. The zero-order valence-electron chi connectivity index (χ0n) is 14.8. The maximum atomic E-state index is 14.1. The Hall–Kier alpha value is -2.50. The van der Waals surface area contributed by atoms with Gasteiger partial charge in [-0.1, -0.05) is 18.2 Å². The number of rotatable bonds is 4. The molecular weight excluding hydrogens is 329 g/mol. The van der Waals surface area contributed by atoms with Gasteiger partial charge < -0.3 is 10.1 Å². The van der Waals surface area contributed by atoms with E-state index < -0.39 is 0 Å². The molecule has 4 rings (SSSR count). The van der Waals surface area contributed by atoms with Crippen molar-refractivity contribution in [3.63, 3.8) is 0 Å². The van der Waals surface area contributed by atoms with Gasteiger partial charge in [0.05, 0.1) is 18.7 Å². The molecule has 5 heteroatoms. The Morgan fingerprint density at radius 2 is 1.92 bits per heavy atom. The summed E-state index contributed by atoms with van der Waals surface area (Å²) in [5.74, 6) is 0.442. The highest BCUT2D eigenvalue weighted by Gasteiger charge is 2.27. The van der Waals surface area contributed by atoms with E-state index in [0.29, 0.717) is 5.75 Å². The van der Waals surface area contributed by atoms with Crippen LogP contribution in [0, 0.1) is 5.82 Å². The molecule has 0 bridgehead atoms. The van der Waals surface area contributed by atoms with Crippen molar-refractivity contribution in [2.75, 3.05) is 33.3 Å². The molecule has 0 aliphatic carbocycles. The first kappa shape index (κ1) is 16.9. The van der Waals surface area contributed by atoms with Gasteiger partial charge in [-0.3, -0.25) is 9.88 Å². The topological polar surface area (TPSA) is 37.4 Å². The number of aromatic nitrogens is 1. The Kier molecular flexibility index (Phi) is 4.82. The largest absolute Gasteiger partial charge is 0.496 e. The van der Waals surface area contributed by atoms with Gasteiger partial charge in [-0.15, -0.1) is 0 Å². The number of hydrogen-bond acceptors (Lipinski definition) is 4. The third kappa shape index (κ3) is 3.28. The number of halogens is 1. The molecule has 26 heavy (non-hydrogen) atoms. The monoisotopic (exact) mass is 351 g/mol. The normalized spacial score (nSPS) is 16.5. The number of nitrogens with zero attached hydrogens (tertiary/aromatic N) is 2. The smallest absolute Gasteiger partial charge is 0.124 e. The molecule has 0 radical (unpaired) electrons. The van der Waals surface area contributed by atoms with Crippen molar-refractivity contribution in [3.8, 4) is 5.75 Å². The standard InChI is InChI=1S/C21H22FN3O/c1-26-20-7-6-17(22)13-18(20)21(25-10-8-23-9-11-25)16-12-15-4-2-3-5-19(15)24-14-16/h2-7,12-14,21,23H,8-11H2,1H3. The molecular formula is C21H22FN3O. The lowest BCUT2D eigenvalue weighted by atomic mass is 9.95. The molecule has 1 fully saturated rings. The van der Waals surface area contributed by atoms with Crippen molar-refractivity contribution in [2.24, 2.45) is 0 Å². The summed E-state index contributed by atoms with van der Waals surface area (Å²) in [7, 11) is 1.63. The minimum atomic E-state index is -0.255. The van der Waals surface area contributed by atoms with Crippen molar-refractivity contribution >= 4 is 10.9 Å². The van der Waals surface area contributed by atoms with Crippen LogP contribution < -0.4 is 10.1 Å². The zero-order chi connectivity index (χ0) is 17.9. The van der Waals surface area contributed by atoms with Gasteiger partial charge >= 0.3 is 0 Å². The second-order valence-corrected chi connectivity index (χ2v) is 6.54. The Morgan fingerprint density at radius 3 is 2.73 bits per heavy atom. The van der Waals surface area contributed by atoms with Crippen molar-refractivity contribution < 1.29 is 9.13 Å². The van der Waals surface area contributed by atoms with E-state index in [0.717, 1.165) is 48.2 Å². The molecule has 4 nitrogen and oxygen atoms in total. The molecule has 1 atom stereocenters. The molecule has 1 saturated heterocycles. The van der Waals surface area contributed by atoms with Crippen molar-refractivity contribution in [1.82, 2.24) is 15.2 Å². The molecule has 2 aromatic carbocycles. The summed E-state index contributed by atoms with van der Waals surface area (Å²) in [5, 5.41) is 4.46. The van der Waals surface area contributed by atoms with Gasteiger partial charge in [0, 0.05) is 43.3 Å². The Labute approximate surface area is 152 Å². The van der Waals surface area contributed by atoms with Gasteiger partial charge in [0.15, 0.2) is 0 Å². The molecule has 1 unspecified atom stereocenters. The first-order valence-corrected chi connectivity index (χ1v) is 8.89. The van der Waals surface area contributed by atoms with E-state index in [2.05, 4.69) is 27.3 Å². The summed E-state index contributed by atoms with van der Waals surface area (Å²) in [6.07, 6.45) is 1.90. The SMILES string of the molecule is COc1ccc(F)cc1C(c1cnc2ccccc2c1)N1CCNCC1. The molecule has 1 aliphatic heterocycles. The molecule has 134 valence electrons.